The molecule has 1 rings (SSSR count). The monoisotopic (exact) mass is 223 g/mol. The lowest BCUT2D eigenvalue weighted by Crippen LogP contribution is -2.46. The first-order valence-electron chi connectivity index (χ1n) is 5.29. The molecule has 1 aromatic heterocycles. The Bertz CT molecular complexity index is 342. The van der Waals surface area contributed by atoms with Crippen LogP contribution in [0.1, 0.15) is 37.0 Å². The van der Waals surface area contributed by atoms with E-state index in [1.807, 2.05) is 13.8 Å². The number of nitrogens with zero attached hydrogens (tertiary/aromatic N) is 2. The van der Waals surface area contributed by atoms with Gasteiger partial charge in [-0.05, 0) is 19.8 Å². The summed E-state index contributed by atoms with van der Waals surface area (Å²) >= 11 is 0. The fourth-order valence-electron chi connectivity index (χ4n) is 1.34. The molecule has 0 aliphatic rings. The molecule has 0 bridgehead atoms. The molecule has 88 valence electrons. The van der Waals surface area contributed by atoms with Gasteiger partial charge in [0.15, 0.2) is 0 Å². The lowest BCUT2D eigenvalue weighted by atomic mass is 9.94. The van der Waals surface area contributed by atoms with Crippen LogP contribution in [0.5, 0.6) is 0 Å². The molecule has 1 aromatic rings. The zero-order valence-corrected chi connectivity index (χ0v) is 9.60. The second kappa shape index (κ2) is 5.55. The quantitative estimate of drug-likeness (QED) is 0.772. The number of aliphatic hydroxyl groups excluding tert-OH is 1. The molecule has 0 aliphatic carbocycles. The van der Waals surface area contributed by atoms with E-state index in [4.69, 9.17) is 5.11 Å². The van der Waals surface area contributed by atoms with Gasteiger partial charge in [-0.3, -0.25) is 4.79 Å². The Morgan fingerprint density at radius 1 is 1.50 bits per heavy atom. The number of amides is 1. The van der Waals surface area contributed by atoms with Gasteiger partial charge in [0, 0.05) is 24.5 Å². The zero-order valence-electron chi connectivity index (χ0n) is 9.60. The molecular formula is C11H17N3O2. The van der Waals surface area contributed by atoms with Crippen LogP contribution in [0.25, 0.3) is 0 Å². The zero-order chi connectivity index (χ0) is 12.0. The Kier molecular flexibility index (Phi) is 4.37. The number of hydrogen-bond acceptors (Lipinski definition) is 4. The maximum absolute atomic E-state index is 11.8. The third-order valence-corrected chi connectivity index (χ3v) is 2.68. The molecular weight excluding hydrogens is 206 g/mol. The first-order valence-corrected chi connectivity index (χ1v) is 5.29. The molecule has 0 aromatic carbocycles. The van der Waals surface area contributed by atoms with Crippen molar-refractivity contribution in [2.24, 2.45) is 0 Å². The fraction of sp³-hybridized carbons (Fsp3) is 0.545. The molecule has 0 saturated carbocycles. The van der Waals surface area contributed by atoms with Crippen molar-refractivity contribution >= 4 is 5.91 Å². The highest BCUT2D eigenvalue weighted by atomic mass is 16.3. The van der Waals surface area contributed by atoms with Gasteiger partial charge in [0.2, 0.25) is 0 Å². The first-order chi connectivity index (χ1) is 7.61. The average molecular weight is 223 g/mol. The summed E-state index contributed by atoms with van der Waals surface area (Å²) in [5.74, 6) is -0.210. The number of nitrogens with one attached hydrogen (secondary N) is 1. The van der Waals surface area contributed by atoms with Crippen LogP contribution in [0.15, 0.2) is 18.7 Å². The van der Waals surface area contributed by atoms with Crippen molar-refractivity contribution in [1.29, 1.82) is 0 Å². The summed E-state index contributed by atoms with van der Waals surface area (Å²) in [6.07, 6.45) is 5.61. The number of hydrogen-bond donors (Lipinski definition) is 2. The third kappa shape index (κ3) is 3.27. The Morgan fingerprint density at radius 2 is 2.12 bits per heavy atom. The van der Waals surface area contributed by atoms with Crippen LogP contribution >= 0.6 is 0 Å². The summed E-state index contributed by atoms with van der Waals surface area (Å²) in [4.78, 5) is 19.4. The van der Waals surface area contributed by atoms with Gasteiger partial charge in [-0.25, -0.2) is 9.97 Å². The van der Waals surface area contributed by atoms with Crippen LogP contribution in [0.3, 0.4) is 0 Å². The number of aliphatic hydroxyl groups is 1. The normalized spacial score (nSPS) is 14.2. The summed E-state index contributed by atoms with van der Waals surface area (Å²) in [7, 11) is 0. The van der Waals surface area contributed by atoms with E-state index in [0.717, 1.165) is 6.42 Å². The van der Waals surface area contributed by atoms with Gasteiger partial charge in [-0.1, -0.05) is 6.92 Å². The summed E-state index contributed by atoms with van der Waals surface area (Å²) in [5.41, 5.74) is 0.0434. The van der Waals surface area contributed by atoms with Gasteiger partial charge < -0.3 is 10.4 Å². The lowest BCUT2D eigenvalue weighted by Gasteiger charge is -2.28. The Hall–Kier alpha value is -1.49. The van der Waals surface area contributed by atoms with E-state index in [1.54, 1.807) is 0 Å². The molecule has 1 amide bonds. The first kappa shape index (κ1) is 12.6. The molecule has 0 aliphatic heterocycles. The maximum atomic E-state index is 11.8. The van der Waals surface area contributed by atoms with Crippen molar-refractivity contribution in [1.82, 2.24) is 15.3 Å². The van der Waals surface area contributed by atoms with E-state index >= 15 is 0 Å². The van der Waals surface area contributed by atoms with Crippen molar-refractivity contribution in [2.75, 3.05) is 6.61 Å². The molecule has 1 heterocycles. The smallest absolute Gasteiger partial charge is 0.254 e. The number of rotatable bonds is 5. The minimum atomic E-state index is -0.387. The SMILES string of the molecule is CCC(C)(CCO)NC(=O)c1cncnc1. The second-order valence-corrected chi connectivity index (χ2v) is 3.97. The van der Waals surface area contributed by atoms with E-state index in [2.05, 4.69) is 15.3 Å². The molecule has 1 atom stereocenters. The predicted molar refractivity (Wildman–Crippen MR) is 59.9 cm³/mol. The van der Waals surface area contributed by atoms with Gasteiger partial charge in [0.05, 0.1) is 5.56 Å². The molecule has 5 heteroatoms. The van der Waals surface area contributed by atoms with E-state index in [-0.39, 0.29) is 18.1 Å². The Morgan fingerprint density at radius 3 is 2.62 bits per heavy atom. The van der Waals surface area contributed by atoms with E-state index < -0.39 is 0 Å². The lowest BCUT2D eigenvalue weighted by molar-refractivity contribution is 0.0885. The van der Waals surface area contributed by atoms with Gasteiger partial charge >= 0.3 is 0 Å². The molecule has 0 saturated heterocycles. The number of carbonyl (C=O) groups is 1. The van der Waals surface area contributed by atoms with Crippen LogP contribution < -0.4 is 5.32 Å². The van der Waals surface area contributed by atoms with Gasteiger partial charge in [0.25, 0.3) is 5.91 Å². The average Bonchev–Trinajstić information content (AvgIpc) is 2.30. The van der Waals surface area contributed by atoms with Crippen LogP contribution in [-0.2, 0) is 0 Å². The van der Waals surface area contributed by atoms with Crippen molar-refractivity contribution < 1.29 is 9.90 Å². The Balaban J connectivity index is 2.70. The Labute approximate surface area is 94.9 Å². The molecule has 16 heavy (non-hydrogen) atoms. The van der Waals surface area contributed by atoms with Crippen LogP contribution in [-0.4, -0.2) is 33.1 Å². The molecule has 5 nitrogen and oxygen atoms in total. The minimum Gasteiger partial charge on any atom is -0.396 e. The highest BCUT2D eigenvalue weighted by molar-refractivity contribution is 5.94. The van der Waals surface area contributed by atoms with Crippen molar-refractivity contribution in [3.05, 3.63) is 24.3 Å². The highest BCUT2D eigenvalue weighted by Crippen LogP contribution is 2.14. The molecule has 0 radical (unpaired) electrons. The largest absolute Gasteiger partial charge is 0.396 e. The van der Waals surface area contributed by atoms with E-state index in [1.165, 1.54) is 18.7 Å². The number of carbonyl (C=O) groups excluding carboxylic acids is 1. The van der Waals surface area contributed by atoms with Crippen molar-refractivity contribution in [3.63, 3.8) is 0 Å². The fourth-order valence-corrected chi connectivity index (χ4v) is 1.34. The summed E-state index contributed by atoms with van der Waals surface area (Å²) in [6, 6.07) is 0. The maximum Gasteiger partial charge on any atom is 0.254 e. The van der Waals surface area contributed by atoms with E-state index in [0.29, 0.717) is 12.0 Å². The predicted octanol–water partition coefficient (Wildman–Crippen LogP) is 0.757. The van der Waals surface area contributed by atoms with E-state index in [9.17, 15) is 4.79 Å². The number of aromatic nitrogens is 2. The summed E-state index contributed by atoms with van der Waals surface area (Å²) in [6.45, 7) is 3.93. The minimum absolute atomic E-state index is 0.0515. The van der Waals surface area contributed by atoms with Gasteiger partial charge in [0.1, 0.15) is 6.33 Å². The molecule has 1 unspecified atom stereocenters. The summed E-state index contributed by atoms with van der Waals surface area (Å²) < 4.78 is 0. The van der Waals surface area contributed by atoms with Crippen LogP contribution in [0.2, 0.25) is 0 Å². The molecule has 0 spiro atoms. The van der Waals surface area contributed by atoms with Crippen molar-refractivity contribution in [3.8, 4) is 0 Å². The standard InChI is InChI=1S/C11H17N3O2/c1-3-11(2,4-5-15)14-10(16)9-6-12-8-13-7-9/h6-8,15H,3-5H2,1-2H3,(H,14,16). The molecule has 2 N–H and O–H groups in total. The van der Waals surface area contributed by atoms with Crippen LogP contribution in [0.4, 0.5) is 0 Å². The van der Waals surface area contributed by atoms with Gasteiger partial charge in [-0.15, -0.1) is 0 Å². The molecule has 0 fully saturated rings. The second-order valence-electron chi connectivity index (χ2n) is 3.97. The van der Waals surface area contributed by atoms with Crippen molar-refractivity contribution in [2.45, 2.75) is 32.2 Å². The van der Waals surface area contributed by atoms with Gasteiger partial charge in [-0.2, -0.15) is 0 Å². The summed E-state index contributed by atoms with van der Waals surface area (Å²) in [5, 5.41) is 11.8. The van der Waals surface area contributed by atoms with Crippen LogP contribution in [0, 0.1) is 0 Å². The topological polar surface area (TPSA) is 75.1 Å². The third-order valence-electron chi connectivity index (χ3n) is 2.68. The highest BCUT2D eigenvalue weighted by Gasteiger charge is 2.24.